The van der Waals surface area contributed by atoms with Crippen LogP contribution in [0.5, 0.6) is 0 Å². The molecule has 0 aromatic heterocycles. The van der Waals surface area contributed by atoms with Crippen LogP contribution in [0.25, 0.3) is 0 Å². The highest BCUT2D eigenvalue weighted by Gasteiger charge is 2.16. The Hall–Kier alpha value is -0.850. The molecule has 0 spiro atoms. The number of carbonyl (C=O) groups excluding carboxylic acids is 1. The minimum absolute atomic E-state index is 0. The van der Waals surface area contributed by atoms with Gasteiger partial charge in [-0.05, 0) is 43.7 Å². The van der Waals surface area contributed by atoms with Crippen molar-refractivity contribution in [2.75, 3.05) is 13.1 Å². The van der Waals surface area contributed by atoms with E-state index in [1.807, 2.05) is 0 Å². The fourth-order valence-corrected chi connectivity index (χ4v) is 2.53. The first kappa shape index (κ1) is 17.2. The second-order valence-corrected chi connectivity index (χ2v) is 5.48. The van der Waals surface area contributed by atoms with Crippen LogP contribution < -0.4 is 10.6 Å². The smallest absolute Gasteiger partial charge is 0.288 e. The van der Waals surface area contributed by atoms with E-state index >= 15 is 0 Å². The molecule has 1 saturated heterocycles. The highest BCUT2D eigenvalue weighted by molar-refractivity contribution is 7.99. The van der Waals surface area contributed by atoms with Crippen molar-refractivity contribution in [3.63, 3.8) is 0 Å². The van der Waals surface area contributed by atoms with Gasteiger partial charge in [0.25, 0.3) is 11.7 Å². The van der Waals surface area contributed by atoms with E-state index in [9.17, 15) is 13.6 Å². The zero-order valence-electron chi connectivity index (χ0n) is 10.8. The molecule has 1 heterocycles. The third-order valence-electron chi connectivity index (χ3n) is 2.97. The third-order valence-corrected chi connectivity index (χ3v) is 3.70. The van der Waals surface area contributed by atoms with Gasteiger partial charge in [0.05, 0.1) is 0 Å². The van der Waals surface area contributed by atoms with Gasteiger partial charge in [0, 0.05) is 23.0 Å². The van der Waals surface area contributed by atoms with Gasteiger partial charge in [-0.2, -0.15) is 8.78 Å². The molecule has 1 fully saturated rings. The molecule has 1 atom stereocenters. The van der Waals surface area contributed by atoms with E-state index in [1.165, 1.54) is 0 Å². The van der Waals surface area contributed by atoms with Crippen LogP contribution in [0.15, 0.2) is 29.2 Å². The number of piperidine rings is 1. The SMILES string of the molecule is Cl.O=C(NC1CCCNC1)c1ccc(SC(F)F)cc1. The van der Waals surface area contributed by atoms with E-state index in [2.05, 4.69) is 10.6 Å². The molecule has 1 aromatic carbocycles. The van der Waals surface area contributed by atoms with Crippen LogP contribution in [0.3, 0.4) is 0 Å². The molecule has 3 nitrogen and oxygen atoms in total. The molecule has 0 saturated carbocycles. The first-order chi connectivity index (χ1) is 9.15. The molecule has 0 radical (unpaired) electrons. The van der Waals surface area contributed by atoms with E-state index in [4.69, 9.17) is 0 Å². The van der Waals surface area contributed by atoms with Gasteiger partial charge in [-0.15, -0.1) is 12.4 Å². The van der Waals surface area contributed by atoms with Crippen LogP contribution in [-0.2, 0) is 0 Å². The molecule has 1 amide bonds. The molecule has 7 heteroatoms. The van der Waals surface area contributed by atoms with Crippen LogP contribution in [-0.4, -0.2) is 30.8 Å². The normalized spacial score (nSPS) is 18.4. The lowest BCUT2D eigenvalue weighted by atomic mass is 10.1. The number of amides is 1. The number of carbonyl (C=O) groups is 1. The quantitative estimate of drug-likeness (QED) is 0.838. The molecule has 2 N–H and O–H groups in total. The molecule has 2 rings (SSSR count). The number of hydrogen-bond donors (Lipinski definition) is 2. The standard InChI is InChI=1S/C13H16F2N2OS.ClH/c14-13(15)19-11-5-3-9(4-6-11)12(18)17-10-2-1-7-16-8-10;/h3-6,10,13,16H,1-2,7-8H2,(H,17,18);1H. The van der Waals surface area contributed by atoms with Crippen molar-refractivity contribution < 1.29 is 13.6 Å². The van der Waals surface area contributed by atoms with Gasteiger partial charge in [-0.25, -0.2) is 0 Å². The Morgan fingerprint density at radius 1 is 1.35 bits per heavy atom. The Labute approximate surface area is 127 Å². The highest BCUT2D eigenvalue weighted by atomic mass is 35.5. The molecule has 1 unspecified atom stereocenters. The summed E-state index contributed by atoms with van der Waals surface area (Å²) in [6.45, 7) is 1.77. The fraction of sp³-hybridized carbons (Fsp3) is 0.462. The Morgan fingerprint density at radius 2 is 2.05 bits per heavy atom. The summed E-state index contributed by atoms with van der Waals surface area (Å²) in [4.78, 5) is 12.4. The van der Waals surface area contributed by atoms with Crippen molar-refractivity contribution in [3.8, 4) is 0 Å². The minimum Gasteiger partial charge on any atom is -0.348 e. The van der Waals surface area contributed by atoms with Gasteiger partial charge in [0.15, 0.2) is 0 Å². The predicted molar refractivity (Wildman–Crippen MR) is 78.9 cm³/mol. The average molecular weight is 323 g/mol. The monoisotopic (exact) mass is 322 g/mol. The highest BCUT2D eigenvalue weighted by Crippen LogP contribution is 2.25. The maximum absolute atomic E-state index is 12.2. The van der Waals surface area contributed by atoms with Gasteiger partial charge in [-0.3, -0.25) is 4.79 Å². The van der Waals surface area contributed by atoms with Gasteiger partial charge < -0.3 is 10.6 Å². The second-order valence-electron chi connectivity index (χ2n) is 4.42. The van der Waals surface area contributed by atoms with Crippen LogP contribution in [0.4, 0.5) is 8.78 Å². The average Bonchev–Trinajstić information content (AvgIpc) is 2.40. The number of thioether (sulfide) groups is 1. The van der Waals surface area contributed by atoms with Gasteiger partial charge in [0.2, 0.25) is 0 Å². The third kappa shape index (κ3) is 5.26. The van der Waals surface area contributed by atoms with Crippen LogP contribution >= 0.6 is 24.2 Å². The summed E-state index contributed by atoms with van der Waals surface area (Å²) in [5.74, 6) is -2.59. The molecule has 0 bridgehead atoms. The summed E-state index contributed by atoms with van der Waals surface area (Å²) >= 11 is 0.479. The molecule has 1 aliphatic rings. The second kappa shape index (κ2) is 8.44. The maximum atomic E-state index is 12.2. The van der Waals surface area contributed by atoms with Crippen LogP contribution in [0, 0.1) is 0 Å². The lowest BCUT2D eigenvalue weighted by Crippen LogP contribution is -2.45. The Kier molecular flexibility index (Phi) is 7.26. The molecule has 1 aromatic rings. The lowest BCUT2D eigenvalue weighted by Gasteiger charge is -2.23. The summed E-state index contributed by atoms with van der Waals surface area (Å²) in [6, 6.07) is 6.40. The maximum Gasteiger partial charge on any atom is 0.288 e. The summed E-state index contributed by atoms with van der Waals surface area (Å²) < 4.78 is 24.3. The lowest BCUT2D eigenvalue weighted by molar-refractivity contribution is 0.0930. The van der Waals surface area contributed by atoms with Crippen molar-refractivity contribution in [2.24, 2.45) is 0 Å². The molecular formula is C13H17ClF2N2OS. The van der Waals surface area contributed by atoms with E-state index in [-0.39, 0.29) is 24.4 Å². The topological polar surface area (TPSA) is 41.1 Å². The predicted octanol–water partition coefficient (Wildman–Crippen LogP) is 2.90. The van der Waals surface area contributed by atoms with Gasteiger partial charge in [-0.1, -0.05) is 11.8 Å². The molecule has 1 aliphatic heterocycles. The van der Waals surface area contributed by atoms with Crippen molar-refractivity contribution in [2.45, 2.75) is 29.5 Å². The Balaban J connectivity index is 0.00000200. The van der Waals surface area contributed by atoms with Crippen LogP contribution in [0.1, 0.15) is 23.2 Å². The summed E-state index contributed by atoms with van der Waals surface area (Å²) in [6.07, 6.45) is 2.02. The summed E-state index contributed by atoms with van der Waals surface area (Å²) in [5.41, 5.74) is 0.504. The van der Waals surface area contributed by atoms with Crippen LogP contribution in [0.2, 0.25) is 0 Å². The number of hydrogen-bond acceptors (Lipinski definition) is 3. The van der Waals surface area contributed by atoms with Crippen molar-refractivity contribution in [1.29, 1.82) is 0 Å². The zero-order valence-corrected chi connectivity index (χ0v) is 12.4. The number of halogens is 3. The number of rotatable bonds is 4. The Bertz CT molecular complexity index is 425. The molecule has 0 aliphatic carbocycles. The van der Waals surface area contributed by atoms with Gasteiger partial charge >= 0.3 is 0 Å². The molecular weight excluding hydrogens is 306 g/mol. The van der Waals surface area contributed by atoms with Crippen molar-refractivity contribution in [1.82, 2.24) is 10.6 Å². The summed E-state index contributed by atoms with van der Waals surface area (Å²) in [5, 5.41) is 6.16. The van der Waals surface area contributed by atoms with Crippen molar-refractivity contribution >= 4 is 30.1 Å². The molecule has 112 valence electrons. The van der Waals surface area contributed by atoms with E-state index in [0.717, 1.165) is 25.9 Å². The van der Waals surface area contributed by atoms with Crippen molar-refractivity contribution in [3.05, 3.63) is 29.8 Å². The number of benzene rings is 1. The van der Waals surface area contributed by atoms with Gasteiger partial charge in [0.1, 0.15) is 0 Å². The fourth-order valence-electron chi connectivity index (χ4n) is 2.03. The van der Waals surface area contributed by atoms with E-state index in [0.29, 0.717) is 22.2 Å². The zero-order chi connectivity index (χ0) is 13.7. The number of alkyl halides is 2. The van der Waals surface area contributed by atoms with E-state index in [1.54, 1.807) is 24.3 Å². The Morgan fingerprint density at radius 3 is 2.60 bits per heavy atom. The van der Waals surface area contributed by atoms with E-state index < -0.39 is 5.76 Å². The first-order valence-corrected chi connectivity index (χ1v) is 7.09. The minimum atomic E-state index is -2.44. The summed E-state index contributed by atoms with van der Waals surface area (Å²) in [7, 11) is 0. The number of nitrogens with one attached hydrogen (secondary N) is 2. The largest absolute Gasteiger partial charge is 0.348 e. The molecule has 20 heavy (non-hydrogen) atoms. The first-order valence-electron chi connectivity index (χ1n) is 6.21.